The van der Waals surface area contributed by atoms with E-state index in [0.29, 0.717) is 37.5 Å². The molecule has 1 fully saturated rings. The molecule has 0 aliphatic heterocycles. The molecule has 0 unspecified atom stereocenters. The number of sulfonamides is 1. The summed E-state index contributed by atoms with van der Waals surface area (Å²) in [4.78, 5) is 4.77. The molecule has 0 atom stereocenters. The van der Waals surface area contributed by atoms with Crippen molar-refractivity contribution in [2.45, 2.75) is 82.8 Å². The minimum atomic E-state index is -4.70. The number of rotatable bonds is 7. The van der Waals surface area contributed by atoms with Crippen LogP contribution in [0.2, 0.25) is 0 Å². The quantitative estimate of drug-likeness (QED) is 0.395. The van der Waals surface area contributed by atoms with Crippen LogP contribution in [0.4, 0.5) is 14.5 Å². The van der Waals surface area contributed by atoms with Gasteiger partial charge in [-0.15, -0.1) is 0 Å². The topological polar surface area (TPSA) is 173 Å². The van der Waals surface area contributed by atoms with Gasteiger partial charge in [0.15, 0.2) is 0 Å². The van der Waals surface area contributed by atoms with Crippen molar-refractivity contribution in [1.82, 2.24) is 9.55 Å². The molecule has 3 rings (SSSR count). The minimum Gasteiger partial charge on any atom is -0.327 e. The molecule has 0 amide bonds. The molecule has 0 spiro atoms. The zero-order chi connectivity index (χ0) is 29.3. The van der Waals surface area contributed by atoms with Crippen LogP contribution < -0.4 is 4.72 Å². The van der Waals surface area contributed by atoms with Gasteiger partial charge >= 0.3 is 0 Å². The van der Waals surface area contributed by atoms with Crippen LogP contribution in [0.3, 0.4) is 0 Å². The molecule has 3 N–H and O–H groups in total. The van der Waals surface area contributed by atoms with E-state index < -0.39 is 40.8 Å². The van der Waals surface area contributed by atoms with E-state index in [1.165, 1.54) is 0 Å². The predicted molar refractivity (Wildman–Crippen MR) is 141 cm³/mol. The van der Waals surface area contributed by atoms with Gasteiger partial charge in [-0.2, -0.15) is 16.8 Å². The van der Waals surface area contributed by atoms with E-state index in [4.69, 9.17) is 14.1 Å². The Hall–Kier alpha value is -1.88. The highest BCUT2D eigenvalue weighted by molar-refractivity contribution is 8.03. The SMILES string of the molecule is CC(S(=O)(=O)O)S(=O)(=O)O.CCS(=O)(=O)Nc1ccc2c(c1)nc(C(C)(C)C)n2CC1CCC(F)(F)CC1. The molecule has 1 saturated carbocycles. The molecule has 0 saturated heterocycles. The summed E-state index contributed by atoms with van der Waals surface area (Å²) in [6.45, 7) is 9.10. The molecule has 2 aromatic rings. The van der Waals surface area contributed by atoms with E-state index in [9.17, 15) is 34.0 Å². The van der Waals surface area contributed by atoms with Crippen molar-refractivity contribution in [3.8, 4) is 0 Å². The number of alkyl halides is 2. The van der Waals surface area contributed by atoms with Crippen LogP contribution >= 0.6 is 0 Å². The molecule has 1 heterocycles. The lowest BCUT2D eigenvalue weighted by Gasteiger charge is -2.30. The standard InChI is InChI=1S/C20H29F2N3O2S.C2H6O6S2/c1-5-28(26,27)24-15-6-7-17-16(12-15)23-18(19(2,3)4)25(17)13-14-8-10-20(21,22)11-9-14;1-2(9(3,4)5)10(6,7)8/h6-7,12,14,24H,5,8-11,13H2,1-4H3;2H,1H3,(H,3,4,5)(H,6,7,8). The first-order valence-electron chi connectivity index (χ1n) is 11.9. The molecule has 218 valence electrons. The Morgan fingerprint density at radius 2 is 1.61 bits per heavy atom. The second-order valence-corrected chi connectivity index (χ2v) is 16.2. The number of benzene rings is 1. The molecule has 1 aromatic heterocycles. The largest absolute Gasteiger partial charge is 0.327 e. The molecule has 38 heavy (non-hydrogen) atoms. The van der Waals surface area contributed by atoms with Crippen molar-refractivity contribution in [1.29, 1.82) is 0 Å². The number of hydrogen-bond acceptors (Lipinski definition) is 7. The Morgan fingerprint density at radius 1 is 1.08 bits per heavy atom. The summed E-state index contributed by atoms with van der Waals surface area (Å²) < 4.78 is 109. The third kappa shape index (κ3) is 8.83. The van der Waals surface area contributed by atoms with Gasteiger partial charge in [-0.3, -0.25) is 13.8 Å². The summed E-state index contributed by atoms with van der Waals surface area (Å²) in [6.07, 6.45) is 0.894. The van der Waals surface area contributed by atoms with Gasteiger partial charge in [-0.25, -0.2) is 22.2 Å². The summed E-state index contributed by atoms with van der Waals surface area (Å²) in [7, 11) is -12.8. The molecule has 0 radical (unpaired) electrons. The smallest absolute Gasteiger partial charge is 0.284 e. The van der Waals surface area contributed by atoms with Crippen LogP contribution in [0.25, 0.3) is 11.0 Å². The summed E-state index contributed by atoms with van der Waals surface area (Å²) in [5.74, 6) is -1.46. The zero-order valence-electron chi connectivity index (χ0n) is 21.8. The van der Waals surface area contributed by atoms with Crippen LogP contribution in [0.15, 0.2) is 18.2 Å². The highest BCUT2D eigenvalue weighted by atomic mass is 32.3. The number of hydrogen-bond donors (Lipinski definition) is 3. The van der Waals surface area contributed by atoms with Crippen LogP contribution in [-0.4, -0.2) is 60.2 Å². The number of fused-ring (bicyclic) bond motifs is 1. The number of imidazole rings is 1. The third-order valence-electron chi connectivity index (χ3n) is 6.19. The highest BCUT2D eigenvalue weighted by Crippen LogP contribution is 2.38. The first kappa shape index (κ1) is 32.3. The molecular formula is C22H35F2N3O8S3. The van der Waals surface area contributed by atoms with E-state index >= 15 is 0 Å². The summed E-state index contributed by atoms with van der Waals surface area (Å²) in [5, 5.41) is 0. The Morgan fingerprint density at radius 3 is 2.03 bits per heavy atom. The lowest BCUT2D eigenvalue weighted by Crippen LogP contribution is -2.28. The van der Waals surface area contributed by atoms with Crippen LogP contribution in [-0.2, 0) is 42.2 Å². The lowest BCUT2D eigenvalue weighted by atomic mass is 9.86. The predicted octanol–water partition coefficient (Wildman–Crippen LogP) is 4.03. The first-order valence-corrected chi connectivity index (χ1v) is 16.5. The van der Waals surface area contributed by atoms with Gasteiger partial charge in [0.2, 0.25) is 20.5 Å². The molecule has 1 aromatic carbocycles. The van der Waals surface area contributed by atoms with Gasteiger partial charge in [-0.1, -0.05) is 20.8 Å². The van der Waals surface area contributed by atoms with E-state index in [2.05, 4.69) is 30.1 Å². The van der Waals surface area contributed by atoms with Crippen molar-refractivity contribution >= 4 is 47.0 Å². The van der Waals surface area contributed by atoms with Gasteiger partial charge in [0.1, 0.15) is 5.82 Å². The second-order valence-electron chi connectivity index (χ2n) is 10.4. The van der Waals surface area contributed by atoms with Crippen LogP contribution in [0.5, 0.6) is 0 Å². The third-order valence-corrected chi connectivity index (χ3v) is 10.6. The van der Waals surface area contributed by atoms with Crippen molar-refractivity contribution in [2.75, 3.05) is 10.5 Å². The monoisotopic (exact) mass is 603 g/mol. The lowest BCUT2D eigenvalue weighted by molar-refractivity contribution is -0.0473. The van der Waals surface area contributed by atoms with E-state index in [1.807, 2.05) is 6.07 Å². The maximum atomic E-state index is 13.5. The van der Waals surface area contributed by atoms with Crippen molar-refractivity contribution in [2.24, 2.45) is 5.92 Å². The molecule has 1 aliphatic rings. The van der Waals surface area contributed by atoms with Crippen molar-refractivity contribution in [3.63, 3.8) is 0 Å². The Bertz CT molecular complexity index is 1420. The zero-order valence-corrected chi connectivity index (χ0v) is 24.3. The molecule has 1 aliphatic carbocycles. The number of nitrogens with one attached hydrogen (secondary N) is 1. The van der Waals surface area contributed by atoms with Gasteiger partial charge in [0, 0.05) is 24.8 Å². The van der Waals surface area contributed by atoms with Gasteiger partial charge in [0.05, 0.1) is 22.5 Å². The summed E-state index contributed by atoms with van der Waals surface area (Å²) in [6, 6.07) is 5.33. The Labute approximate surface area is 222 Å². The molecular weight excluding hydrogens is 568 g/mol. The number of aromatic nitrogens is 2. The molecule has 11 nitrogen and oxygen atoms in total. The van der Waals surface area contributed by atoms with Crippen LogP contribution in [0, 0.1) is 5.92 Å². The average Bonchev–Trinajstić information content (AvgIpc) is 3.11. The first-order chi connectivity index (χ1) is 17.1. The van der Waals surface area contributed by atoms with Gasteiger partial charge in [0.25, 0.3) is 20.2 Å². The van der Waals surface area contributed by atoms with E-state index in [1.54, 1.807) is 19.1 Å². The number of anilines is 1. The fraction of sp³-hybridized carbons (Fsp3) is 0.682. The molecule has 0 bridgehead atoms. The Balaban J connectivity index is 0.000000432. The van der Waals surface area contributed by atoms with Gasteiger partial charge in [-0.05, 0) is 50.8 Å². The van der Waals surface area contributed by atoms with Crippen molar-refractivity contribution in [3.05, 3.63) is 24.0 Å². The maximum Gasteiger partial charge on any atom is 0.284 e. The van der Waals surface area contributed by atoms with Crippen molar-refractivity contribution < 1.29 is 43.1 Å². The fourth-order valence-corrected chi connectivity index (χ4v) is 5.76. The summed E-state index contributed by atoms with van der Waals surface area (Å²) in [5.41, 5.74) is 1.88. The van der Waals surface area contributed by atoms with E-state index in [-0.39, 0.29) is 29.9 Å². The maximum absolute atomic E-state index is 13.5. The van der Waals surface area contributed by atoms with E-state index in [0.717, 1.165) is 11.3 Å². The Kier molecular flexibility index (Phi) is 9.62. The van der Waals surface area contributed by atoms with Gasteiger partial charge < -0.3 is 4.57 Å². The molecule has 16 heteroatoms. The fourth-order valence-electron chi connectivity index (χ4n) is 3.90. The van der Waals surface area contributed by atoms with Crippen LogP contribution in [0.1, 0.15) is 66.1 Å². The number of halogens is 2. The normalized spacial score (nSPS) is 17.3. The minimum absolute atomic E-state index is 0.000960. The second kappa shape index (κ2) is 11.3. The average molecular weight is 604 g/mol. The summed E-state index contributed by atoms with van der Waals surface area (Å²) >= 11 is 0. The highest BCUT2D eigenvalue weighted by Gasteiger charge is 2.36. The number of nitrogens with zero attached hydrogens (tertiary/aromatic N) is 2.